The van der Waals surface area contributed by atoms with Crippen LogP contribution in [0.5, 0.6) is 0 Å². The van der Waals surface area contributed by atoms with Gasteiger partial charge in [-0.2, -0.15) is 0 Å². The maximum absolute atomic E-state index is 10.8. The van der Waals surface area contributed by atoms with Crippen molar-refractivity contribution in [2.75, 3.05) is 0 Å². The molecule has 1 aromatic rings. The zero-order valence-electron chi connectivity index (χ0n) is 9.17. The molecule has 0 saturated heterocycles. The highest BCUT2D eigenvalue weighted by Crippen LogP contribution is 2.24. The Bertz CT molecular complexity index is 403. The number of carbonyl (C=O) groups excluding carboxylic acids is 1. The smallest absolute Gasteiger partial charge is 0.303 e. The summed E-state index contributed by atoms with van der Waals surface area (Å²) in [6.07, 6.45) is 0.165. The molecule has 0 spiro atoms. The molecule has 0 saturated carbocycles. The highest BCUT2D eigenvalue weighted by atomic mass is 16.6. The number of non-ortho nitro benzene ring substituents is 1. The largest absolute Gasteiger partial charge is 0.458 e. The van der Waals surface area contributed by atoms with Crippen molar-refractivity contribution in [3.8, 4) is 0 Å². The molecule has 16 heavy (non-hydrogen) atoms. The van der Waals surface area contributed by atoms with E-state index in [0.717, 1.165) is 0 Å². The number of nitro groups is 1. The van der Waals surface area contributed by atoms with Crippen LogP contribution in [0.25, 0.3) is 0 Å². The number of ether oxygens (including phenoxy) is 1. The fourth-order valence-corrected chi connectivity index (χ4v) is 1.43. The van der Waals surface area contributed by atoms with Crippen LogP contribution in [0, 0.1) is 10.1 Å². The molecule has 1 unspecified atom stereocenters. The molecule has 5 nitrogen and oxygen atoms in total. The van der Waals surface area contributed by atoms with Crippen molar-refractivity contribution in [2.24, 2.45) is 0 Å². The van der Waals surface area contributed by atoms with Crippen LogP contribution in [-0.2, 0) is 9.53 Å². The fraction of sp³-hybridized carbons (Fsp3) is 0.364. The van der Waals surface area contributed by atoms with Gasteiger partial charge in [0.05, 0.1) is 4.92 Å². The van der Waals surface area contributed by atoms with Gasteiger partial charge in [-0.3, -0.25) is 14.9 Å². The van der Waals surface area contributed by atoms with Crippen LogP contribution in [0.1, 0.15) is 31.9 Å². The first-order chi connectivity index (χ1) is 7.54. The van der Waals surface area contributed by atoms with Gasteiger partial charge in [0.2, 0.25) is 0 Å². The Balaban J connectivity index is 2.96. The lowest BCUT2D eigenvalue weighted by molar-refractivity contribution is -0.385. The summed E-state index contributed by atoms with van der Waals surface area (Å²) in [7, 11) is 0. The molecule has 0 aliphatic heterocycles. The predicted octanol–water partition coefficient (Wildman–Crippen LogP) is 2.61. The minimum absolute atomic E-state index is 0.00287. The van der Waals surface area contributed by atoms with Gasteiger partial charge in [0.15, 0.2) is 0 Å². The summed E-state index contributed by atoms with van der Waals surface area (Å²) < 4.78 is 5.06. The summed E-state index contributed by atoms with van der Waals surface area (Å²) in [6.45, 7) is 3.17. The van der Waals surface area contributed by atoms with E-state index in [2.05, 4.69) is 0 Å². The third-order valence-corrected chi connectivity index (χ3v) is 2.13. The van der Waals surface area contributed by atoms with Crippen molar-refractivity contribution in [3.05, 3.63) is 39.9 Å². The van der Waals surface area contributed by atoms with Crippen molar-refractivity contribution in [1.29, 1.82) is 0 Å². The SMILES string of the molecule is CCC(OC(C)=O)c1cccc([N+](=O)[O-])c1. The molecule has 86 valence electrons. The lowest BCUT2D eigenvalue weighted by Gasteiger charge is -2.14. The lowest BCUT2D eigenvalue weighted by atomic mass is 10.1. The van der Waals surface area contributed by atoms with E-state index in [1.165, 1.54) is 19.1 Å². The van der Waals surface area contributed by atoms with E-state index < -0.39 is 17.0 Å². The Morgan fingerprint density at radius 2 is 2.25 bits per heavy atom. The molecular weight excluding hydrogens is 210 g/mol. The molecule has 0 bridgehead atoms. The van der Waals surface area contributed by atoms with E-state index in [4.69, 9.17) is 4.74 Å². The number of hydrogen-bond acceptors (Lipinski definition) is 4. The first-order valence-electron chi connectivity index (χ1n) is 4.96. The van der Waals surface area contributed by atoms with Gasteiger partial charge in [-0.1, -0.05) is 19.1 Å². The van der Waals surface area contributed by atoms with Crippen LogP contribution in [0.2, 0.25) is 0 Å². The van der Waals surface area contributed by atoms with Crippen LogP contribution in [0.4, 0.5) is 5.69 Å². The topological polar surface area (TPSA) is 69.4 Å². The Kier molecular flexibility index (Phi) is 3.99. The highest BCUT2D eigenvalue weighted by Gasteiger charge is 2.15. The number of rotatable bonds is 4. The summed E-state index contributed by atoms with van der Waals surface area (Å²) in [4.78, 5) is 21.0. The second-order valence-corrected chi connectivity index (χ2v) is 3.36. The summed E-state index contributed by atoms with van der Waals surface area (Å²) in [5.74, 6) is -0.390. The van der Waals surface area contributed by atoms with Crippen molar-refractivity contribution < 1.29 is 14.5 Å². The zero-order chi connectivity index (χ0) is 12.1. The first-order valence-corrected chi connectivity index (χ1v) is 4.96. The summed E-state index contributed by atoms with van der Waals surface area (Å²) in [5.41, 5.74) is 0.648. The van der Waals surface area contributed by atoms with Gasteiger partial charge in [0, 0.05) is 19.1 Å². The van der Waals surface area contributed by atoms with Crippen molar-refractivity contribution in [3.63, 3.8) is 0 Å². The number of nitro benzene ring substituents is 1. The van der Waals surface area contributed by atoms with Gasteiger partial charge in [0.1, 0.15) is 6.10 Å². The number of hydrogen-bond donors (Lipinski definition) is 0. The molecule has 0 aliphatic rings. The number of benzene rings is 1. The number of carbonyl (C=O) groups is 1. The molecule has 5 heteroatoms. The number of nitrogens with zero attached hydrogens (tertiary/aromatic N) is 1. The first kappa shape index (κ1) is 12.2. The van der Waals surface area contributed by atoms with E-state index in [0.29, 0.717) is 12.0 Å². The van der Waals surface area contributed by atoms with E-state index in [9.17, 15) is 14.9 Å². The van der Waals surface area contributed by atoms with Crippen LogP contribution in [0.15, 0.2) is 24.3 Å². The van der Waals surface area contributed by atoms with E-state index in [-0.39, 0.29) is 5.69 Å². The minimum Gasteiger partial charge on any atom is -0.458 e. The normalized spacial score (nSPS) is 11.9. The second kappa shape index (κ2) is 5.25. The van der Waals surface area contributed by atoms with E-state index in [1.807, 2.05) is 6.92 Å². The van der Waals surface area contributed by atoms with Crippen LogP contribution in [0.3, 0.4) is 0 Å². The van der Waals surface area contributed by atoms with Gasteiger partial charge in [-0.15, -0.1) is 0 Å². The summed E-state index contributed by atoms with van der Waals surface area (Å²) in [6, 6.07) is 6.13. The summed E-state index contributed by atoms with van der Waals surface area (Å²) in [5, 5.41) is 10.6. The van der Waals surface area contributed by atoms with Crippen molar-refractivity contribution in [1.82, 2.24) is 0 Å². The van der Waals surface area contributed by atoms with Gasteiger partial charge in [-0.05, 0) is 12.0 Å². The molecular formula is C11H13NO4. The monoisotopic (exact) mass is 223 g/mol. The molecule has 1 atom stereocenters. The summed E-state index contributed by atoms with van der Waals surface area (Å²) >= 11 is 0. The average Bonchev–Trinajstić information content (AvgIpc) is 2.25. The molecule has 0 N–H and O–H groups in total. The van der Waals surface area contributed by atoms with Crippen LogP contribution in [-0.4, -0.2) is 10.9 Å². The quantitative estimate of drug-likeness (QED) is 0.447. The van der Waals surface area contributed by atoms with Gasteiger partial charge in [-0.25, -0.2) is 0 Å². The third-order valence-electron chi connectivity index (χ3n) is 2.13. The van der Waals surface area contributed by atoms with Gasteiger partial charge in [0.25, 0.3) is 5.69 Å². The maximum atomic E-state index is 10.8. The van der Waals surface area contributed by atoms with Gasteiger partial charge >= 0.3 is 5.97 Å². The second-order valence-electron chi connectivity index (χ2n) is 3.36. The highest BCUT2D eigenvalue weighted by molar-refractivity contribution is 5.66. The zero-order valence-corrected chi connectivity index (χ0v) is 9.17. The molecule has 0 radical (unpaired) electrons. The predicted molar refractivity (Wildman–Crippen MR) is 57.9 cm³/mol. The Hall–Kier alpha value is -1.91. The minimum atomic E-state index is -0.468. The Morgan fingerprint density at radius 3 is 2.75 bits per heavy atom. The molecule has 1 aromatic carbocycles. The van der Waals surface area contributed by atoms with E-state index >= 15 is 0 Å². The number of esters is 1. The Morgan fingerprint density at radius 1 is 1.56 bits per heavy atom. The van der Waals surface area contributed by atoms with Crippen molar-refractivity contribution in [2.45, 2.75) is 26.4 Å². The van der Waals surface area contributed by atoms with E-state index in [1.54, 1.807) is 12.1 Å². The molecule has 0 aromatic heterocycles. The van der Waals surface area contributed by atoms with Crippen molar-refractivity contribution >= 4 is 11.7 Å². The molecule has 0 aliphatic carbocycles. The average molecular weight is 223 g/mol. The maximum Gasteiger partial charge on any atom is 0.303 e. The molecule has 0 heterocycles. The van der Waals surface area contributed by atoms with Gasteiger partial charge < -0.3 is 4.74 Å². The lowest BCUT2D eigenvalue weighted by Crippen LogP contribution is -2.07. The van der Waals surface area contributed by atoms with Crippen LogP contribution >= 0.6 is 0 Å². The molecule has 1 rings (SSSR count). The van der Waals surface area contributed by atoms with Crippen LogP contribution < -0.4 is 0 Å². The molecule has 0 amide bonds. The third kappa shape index (κ3) is 3.05. The Labute approximate surface area is 93.2 Å². The fourth-order valence-electron chi connectivity index (χ4n) is 1.43. The molecule has 0 fully saturated rings. The standard InChI is InChI=1S/C11H13NO4/c1-3-11(16-8(2)13)9-5-4-6-10(7-9)12(14)15/h4-7,11H,3H2,1-2H3.